The number of hydrogen-bond acceptors (Lipinski definition) is 11. The fraction of sp³-hybridized carbons (Fsp3) is 0.509. The van der Waals surface area contributed by atoms with Crippen LogP contribution in [0.15, 0.2) is 72.2 Å². The van der Waals surface area contributed by atoms with Crippen LogP contribution >= 0.6 is 11.3 Å². The number of aliphatic hydroxyl groups is 1. The maximum atomic E-state index is 14.1. The van der Waals surface area contributed by atoms with Crippen molar-refractivity contribution in [3.8, 4) is 22.3 Å². The molecule has 3 aromatic carbocycles. The lowest BCUT2D eigenvalue weighted by molar-refractivity contribution is -0.164. The molecular formula is C53H66F3N7O7S. The first-order valence-electron chi connectivity index (χ1n) is 23.9. The molecule has 14 nitrogen and oxygen atoms in total. The number of alkyl halides is 3. The fourth-order valence-electron chi connectivity index (χ4n) is 9.94. The highest BCUT2D eigenvalue weighted by molar-refractivity contribution is 7.13. The SMILES string of the molecule is Cc1ncsc1-c1ccc([C@H](C)NC(=O)[C@@H]2C[C@@H](O)CN2C(=O)[C@@H](NC(=O)COCCCCCNc2ccc(C(=O)N[C@H]3C(C)(C)[C@H](Oc4ccc(C#N)c(C(F)(F)F)c4)C3(C)C)cc2)C(C)(C)C)cc1. The van der Waals surface area contributed by atoms with Crippen molar-refractivity contribution in [3.63, 3.8) is 0 Å². The van der Waals surface area contributed by atoms with Crippen LogP contribution in [-0.2, 0) is 25.3 Å². The molecule has 6 rings (SSSR count). The van der Waals surface area contributed by atoms with Gasteiger partial charge in [-0.05, 0) is 92.1 Å². The Labute approximate surface area is 418 Å². The van der Waals surface area contributed by atoms with E-state index in [1.807, 2.05) is 98.7 Å². The first-order valence-corrected chi connectivity index (χ1v) is 24.8. The number of unbranched alkanes of at least 4 members (excludes halogenated alkanes) is 2. The number of likely N-dealkylation sites (tertiary alicyclic amines) is 1. The number of nitrogens with one attached hydrogen (secondary N) is 4. The summed E-state index contributed by atoms with van der Waals surface area (Å²) in [6.45, 7) is 17.6. The lowest BCUT2D eigenvalue weighted by Gasteiger charge is -2.63. The van der Waals surface area contributed by atoms with Gasteiger partial charge in [-0.25, -0.2) is 4.98 Å². The number of rotatable bonds is 19. The van der Waals surface area contributed by atoms with Crippen molar-refractivity contribution in [2.75, 3.05) is 31.6 Å². The summed E-state index contributed by atoms with van der Waals surface area (Å²) < 4.78 is 52.6. The molecule has 1 saturated carbocycles. The highest BCUT2D eigenvalue weighted by Crippen LogP contribution is 2.56. The first kappa shape index (κ1) is 54.3. The number of benzene rings is 3. The van der Waals surface area contributed by atoms with Crippen LogP contribution in [0, 0.1) is 34.5 Å². The number of amides is 4. The number of ether oxygens (including phenoxy) is 2. The molecule has 1 aliphatic carbocycles. The van der Waals surface area contributed by atoms with E-state index in [-0.39, 0.29) is 49.2 Å². The molecule has 1 aromatic heterocycles. The zero-order chi connectivity index (χ0) is 52.1. The van der Waals surface area contributed by atoms with E-state index >= 15 is 0 Å². The average Bonchev–Trinajstić information content (AvgIpc) is 3.94. The molecule has 71 heavy (non-hydrogen) atoms. The molecule has 382 valence electrons. The molecule has 4 atom stereocenters. The second-order valence-electron chi connectivity index (χ2n) is 20.9. The number of nitriles is 1. The van der Waals surface area contributed by atoms with Crippen LogP contribution in [0.5, 0.6) is 5.75 Å². The number of carbonyl (C=O) groups excluding carboxylic acids is 4. The Bertz CT molecular complexity index is 2550. The number of anilines is 1. The van der Waals surface area contributed by atoms with Gasteiger partial charge in [-0.15, -0.1) is 11.3 Å². The van der Waals surface area contributed by atoms with Gasteiger partial charge < -0.3 is 40.7 Å². The van der Waals surface area contributed by atoms with Gasteiger partial charge in [0.15, 0.2) is 0 Å². The van der Waals surface area contributed by atoms with Crippen LogP contribution in [0.1, 0.15) is 120 Å². The van der Waals surface area contributed by atoms with Crippen LogP contribution in [0.2, 0.25) is 0 Å². The van der Waals surface area contributed by atoms with Gasteiger partial charge in [-0.3, -0.25) is 19.2 Å². The molecule has 1 saturated heterocycles. The van der Waals surface area contributed by atoms with Crippen molar-refractivity contribution >= 4 is 40.7 Å². The molecule has 4 amide bonds. The maximum absolute atomic E-state index is 14.1. The molecule has 2 aliphatic rings. The molecule has 2 fully saturated rings. The third-order valence-corrected chi connectivity index (χ3v) is 14.5. The Morgan fingerprint density at radius 2 is 1.63 bits per heavy atom. The Morgan fingerprint density at radius 1 is 0.958 bits per heavy atom. The molecule has 5 N–H and O–H groups in total. The van der Waals surface area contributed by atoms with Crippen LogP contribution < -0.4 is 26.0 Å². The maximum Gasteiger partial charge on any atom is 0.417 e. The van der Waals surface area contributed by atoms with Gasteiger partial charge in [0.05, 0.1) is 45.4 Å². The minimum atomic E-state index is -4.71. The normalized spacial score (nSPS) is 20.2. The summed E-state index contributed by atoms with van der Waals surface area (Å²) in [4.78, 5) is 61.0. The summed E-state index contributed by atoms with van der Waals surface area (Å²) >= 11 is 1.56. The van der Waals surface area contributed by atoms with Crippen molar-refractivity contribution in [1.29, 1.82) is 5.26 Å². The van der Waals surface area contributed by atoms with Crippen LogP contribution in [0.25, 0.3) is 10.4 Å². The molecule has 0 bridgehead atoms. The standard InChI is InChI=1S/C53H66F3N7O7S/c1-31(33-13-15-34(16-14-33)43-32(2)59-30-71-43)60-46(67)41-25-38(64)28-63(41)47(68)44(50(3,4)5)61-42(65)29-69-24-12-10-11-23-58-37-20-17-35(18-21-37)45(66)62-48-51(6,7)49(52(48,8)9)70-39-22-19-36(27-57)40(26-39)53(54,55)56/h13-22,26,30-31,38,41,44,48-49,58,64H,10-12,23-25,28-29H2,1-9H3,(H,60,67)(H,61,65)(H,62,66)/t31-,38+,41-,44+,48-,49-/m0/s1. The fourth-order valence-corrected chi connectivity index (χ4v) is 10.8. The van der Waals surface area contributed by atoms with E-state index in [0.29, 0.717) is 25.1 Å². The van der Waals surface area contributed by atoms with E-state index in [1.165, 1.54) is 11.0 Å². The first-order chi connectivity index (χ1) is 33.3. The predicted molar refractivity (Wildman–Crippen MR) is 265 cm³/mol. The molecule has 0 radical (unpaired) electrons. The number of hydrogen-bond donors (Lipinski definition) is 5. The second kappa shape index (κ2) is 22.2. The number of nitrogens with zero attached hydrogens (tertiary/aromatic N) is 3. The van der Waals surface area contributed by atoms with E-state index in [2.05, 4.69) is 26.3 Å². The van der Waals surface area contributed by atoms with Gasteiger partial charge in [0, 0.05) is 54.2 Å². The third-order valence-electron chi connectivity index (χ3n) is 13.5. The highest BCUT2D eigenvalue weighted by atomic mass is 32.1. The number of aliphatic hydroxyl groups excluding tert-OH is 1. The van der Waals surface area contributed by atoms with Crippen molar-refractivity contribution in [1.82, 2.24) is 25.8 Å². The molecule has 0 unspecified atom stereocenters. The summed E-state index contributed by atoms with van der Waals surface area (Å²) in [5, 5.41) is 32.1. The van der Waals surface area contributed by atoms with E-state index in [4.69, 9.17) is 14.7 Å². The zero-order valence-corrected chi connectivity index (χ0v) is 42.6. The average molecular weight is 1000 g/mol. The van der Waals surface area contributed by atoms with Crippen molar-refractivity contribution in [2.45, 2.75) is 131 Å². The number of β-amino-alcohol motifs (C(OH)–C–C–N with tert-alkyl or cyclic N) is 1. The monoisotopic (exact) mass is 1000 g/mol. The molecule has 18 heteroatoms. The van der Waals surface area contributed by atoms with E-state index in [9.17, 15) is 37.5 Å². The smallest absolute Gasteiger partial charge is 0.417 e. The number of aryl methyl sites for hydroxylation is 1. The molecule has 2 heterocycles. The number of carbonyl (C=O) groups is 4. The van der Waals surface area contributed by atoms with Crippen LogP contribution in [0.3, 0.4) is 0 Å². The summed E-state index contributed by atoms with van der Waals surface area (Å²) in [6, 6.07) is 17.2. The summed E-state index contributed by atoms with van der Waals surface area (Å²) in [7, 11) is 0. The van der Waals surface area contributed by atoms with Crippen LogP contribution in [0.4, 0.5) is 18.9 Å². The van der Waals surface area contributed by atoms with Gasteiger partial charge in [0.1, 0.15) is 30.5 Å². The molecule has 4 aromatic rings. The van der Waals surface area contributed by atoms with E-state index < -0.39 is 69.7 Å². The number of halogens is 3. The van der Waals surface area contributed by atoms with Crippen molar-refractivity contribution in [2.24, 2.45) is 16.2 Å². The van der Waals surface area contributed by atoms with Gasteiger partial charge >= 0.3 is 6.18 Å². The van der Waals surface area contributed by atoms with Crippen molar-refractivity contribution in [3.05, 3.63) is 100 Å². The van der Waals surface area contributed by atoms with E-state index in [1.54, 1.807) is 35.0 Å². The molecule has 0 spiro atoms. The Morgan fingerprint density at radius 3 is 2.24 bits per heavy atom. The van der Waals surface area contributed by atoms with Crippen molar-refractivity contribution < 1.29 is 46.9 Å². The van der Waals surface area contributed by atoms with Gasteiger partial charge in [0.25, 0.3) is 5.91 Å². The van der Waals surface area contributed by atoms with Gasteiger partial charge in [-0.2, -0.15) is 18.4 Å². The Balaban J connectivity index is 0.893. The Kier molecular flexibility index (Phi) is 17.0. The van der Waals surface area contributed by atoms with Crippen LogP contribution in [-0.4, -0.2) is 95.3 Å². The zero-order valence-electron chi connectivity index (χ0n) is 41.8. The highest BCUT2D eigenvalue weighted by Gasteiger charge is 2.64. The topological polar surface area (TPSA) is 195 Å². The summed E-state index contributed by atoms with van der Waals surface area (Å²) in [6.07, 6.45) is -3.76. The van der Waals surface area contributed by atoms with E-state index in [0.717, 1.165) is 52.4 Å². The summed E-state index contributed by atoms with van der Waals surface area (Å²) in [5.74, 6) is -1.60. The molecule has 1 aliphatic heterocycles. The lowest BCUT2D eigenvalue weighted by Crippen LogP contribution is -2.74. The quantitative estimate of drug-likeness (QED) is 0.0568. The predicted octanol–water partition coefficient (Wildman–Crippen LogP) is 8.59. The largest absolute Gasteiger partial charge is 0.489 e. The number of thiazole rings is 1. The molecular weight excluding hydrogens is 936 g/mol. The Hall–Kier alpha value is -6.03. The third kappa shape index (κ3) is 12.9. The van der Waals surface area contributed by atoms with Gasteiger partial charge in [-0.1, -0.05) is 72.7 Å². The lowest BCUT2D eigenvalue weighted by atomic mass is 9.49. The van der Waals surface area contributed by atoms with Gasteiger partial charge in [0.2, 0.25) is 17.7 Å². The minimum Gasteiger partial charge on any atom is -0.489 e. The second-order valence-corrected chi connectivity index (χ2v) is 21.7. The minimum absolute atomic E-state index is 0.00260. The number of aromatic nitrogens is 1. The summed E-state index contributed by atoms with van der Waals surface area (Å²) in [5.41, 5.74) is 2.42.